The van der Waals surface area contributed by atoms with Crippen molar-refractivity contribution in [3.63, 3.8) is 0 Å². The molecule has 2 amide bonds. The predicted molar refractivity (Wildman–Crippen MR) is 158 cm³/mol. The maximum Gasteiger partial charge on any atom is 0.410 e. The zero-order valence-corrected chi connectivity index (χ0v) is 25.4. The Morgan fingerprint density at radius 1 is 1.23 bits per heavy atom. The van der Waals surface area contributed by atoms with Crippen LogP contribution < -0.4 is 16.1 Å². The average molecular weight is 611 g/mol. The summed E-state index contributed by atoms with van der Waals surface area (Å²) < 4.78 is 31.8. The number of piperidine rings is 2. The number of pyridine rings is 1. The third kappa shape index (κ3) is 6.16. The van der Waals surface area contributed by atoms with Gasteiger partial charge < -0.3 is 20.3 Å². The third-order valence-electron chi connectivity index (χ3n) is 8.63. The predicted octanol–water partition coefficient (Wildman–Crippen LogP) is 2.04. The summed E-state index contributed by atoms with van der Waals surface area (Å²) in [7, 11) is -0.612. The van der Waals surface area contributed by atoms with Gasteiger partial charge in [0.05, 0.1) is 34.5 Å². The lowest BCUT2D eigenvalue weighted by Gasteiger charge is -2.48. The summed E-state index contributed by atoms with van der Waals surface area (Å²) in [6.45, 7) is 3.11. The highest BCUT2D eigenvalue weighted by atomic mass is 32.2. The van der Waals surface area contributed by atoms with Gasteiger partial charge in [-0.3, -0.25) is 9.78 Å². The topological polar surface area (TPSA) is 160 Å². The van der Waals surface area contributed by atoms with Crippen molar-refractivity contribution in [1.29, 1.82) is 5.26 Å². The van der Waals surface area contributed by atoms with Gasteiger partial charge in [0.25, 0.3) is 0 Å². The Labute approximate surface area is 252 Å². The van der Waals surface area contributed by atoms with Crippen LogP contribution in [0.2, 0.25) is 0 Å². The van der Waals surface area contributed by atoms with Crippen LogP contribution in [-0.2, 0) is 19.6 Å². The van der Waals surface area contributed by atoms with Crippen molar-refractivity contribution in [2.45, 2.75) is 61.4 Å². The Morgan fingerprint density at radius 2 is 1.95 bits per heavy atom. The number of aromatic nitrogens is 1. The van der Waals surface area contributed by atoms with Crippen molar-refractivity contribution in [3.8, 4) is 6.07 Å². The Balaban J connectivity index is 1.30. The Kier molecular flexibility index (Phi) is 8.89. The molecule has 1 aromatic heterocycles. The van der Waals surface area contributed by atoms with Crippen LogP contribution in [0, 0.1) is 17.2 Å². The number of nitrogens with zero attached hydrogens (tertiary/aromatic N) is 5. The largest absolute Gasteiger partial charge is 0.440 e. The summed E-state index contributed by atoms with van der Waals surface area (Å²) in [6, 6.07) is 14.1. The van der Waals surface area contributed by atoms with Crippen LogP contribution in [0.1, 0.15) is 44.4 Å². The molecule has 5 rings (SSSR count). The molecule has 3 fully saturated rings. The molecule has 3 aliphatic heterocycles. The van der Waals surface area contributed by atoms with E-state index in [9.17, 15) is 23.3 Å². The molecule has 230 valence electrons. The lowest BCUT2D eigenvalue weighted by molar-refractivity contribution is -0.128. The first kappa shape index (κ1) is 30.7. The monoisotopic (exact) mass is 610 g/mol. The number of benzene rings is 1. The number of carbonyl (C=O) groups is 2. The van der Waals surface area contributed by atoms with Crippen molar-refractivity contribution in [3.05, 3.63) is 54.4 Å². The number of anilines is 1. The summed E-state index contributed by atoms with van der Waals surface area (Å²) in [5.41, 5.74) is 4.23. The highest BCUT2D eigenvalue weighted by Gasteiger charge is 2.55. The molecular formula is C29H38N8O5S. The Hall–Kier alpha value is -3.77. The first-order valence-electron chi connectivity index (χ1n) is 14.4. The molecule has 4 heterocycles. The highest BCUT2D eigenvalue weighted by molar-refractivity contribution is 7.89. The zero-order chi connectivity index (χ0) is 30.8. The van der Waals surface area contributed by atoms with E-state index in [2.05, 4.69) is 32.1 Å². The van der Waals surface area contributed by atoms with Gasteiger partial charge >= 0.3 is 6.09 Å². The minimum absolute atomic E-state index is 0.0906. The summed E-state index contributed by atoms with van der Waals surface area (Å²) in [4.78, 5) is 32.2. The molecule has 0 bridgehead atoms. The van der Waals surface area contributed by atoms with Crippen molar-refractivity contribution < 1.29 is 22.7 Å². The molecule has 0 saturated carbocycles. The van der Waals surface area contributed by atoms with Crippen molar-refractivity contribution in [1.82, 2.24) is 29.9 Å². The quantitative estimate of drug-likeness (QED) is 0.404. The normalized spacial score (nSPS) is 24.5. The van der Waals surface area contributed by atoms with E-state index >= 15 is 0 Å². The number of carbonyl (C=O) groups excluding carboxylic acids is 2. The number of rotatable bonds is 8. The number of nitriles is 1. The number of ether oxygens (including phenoxy) is 1. The van der Waals surface area contributed by atoms with Crippen LogP contribution in [0.5, 0.6) is 0 Å². The number of fused-ring (bicyclic) bond motifs is 1. The van der Waals surface area contributed by atoms with Crippen molar-refractivity contribution in [2.24, 2.45) is 5.92 Å². The van der Waals surface area contributed by atoms with Crippen molar-refractivity contribution in [2.75, 3.05) is 39.0 Å². The fourth-order valence-electron chi connectivity index (χ4n) is 6.19. The number of amides is 2. The number of hydrogen-bond acceptors (Lipinski definition) is 10. The molecule has 0 radical (unpaired) electrons. The highest BCUT2D eigenvalue weighted by Crippen LogP contribution is 2.40. The first-order valence-corrected chi connectivity index (χ1v) is 15.9. The average Bonchev–Trinajstić information content (AvgIpc) is 3.38. The first-order chi connectivity index (χ1) is 20.6. The lowest BCUT2D eigenvalue weighted by Crippen LogP contribution is -2.62. The van der Waals surface area contributed by atoms with Gasteiger partial charge in [0.15, 0.2) is 0 Å². The molecule has 13 nitrogen and oxygen atoms in total. The van der Waals surface area contributed by atoms with Crippen molar-refractivity contribution >= 4 is 27.7 Å². The third-order valence-corrected chi connectivity index (χ3v) is 10.5. The van der Waals surface area contributed by atoms with Gasteiger partial charge in [-0.25, -0.2) is 28.0 Å². The molecule has 43 heavy (non-hydrogen) atoms. The fraction of sp³-hybridized carbons (Fsp3) is 0.517. The van der Waals surface area contributed by atoms with E-state index < -0.39 is 39.8 Å². The van der Waals surface area contributed by atoms with Crippen LogP contribution >= 0.6 is 0 Å². The number of sulfonamides is 1. The number of nitrogens with one attached hydrogen (secondary N) is 3. The SMILES string of the molecule is CC(OC(=O)N1CCC(CC#N)(N2NC(Nc3ccc(S(=O)(=O)N(C)C)cc3)C3C(=O)NCCC32)CC1)c1ccccn1. The summed E-state index contributed by atoms with van der Waals surface area (Å²) in [6.07, 6.45) is 2.22. The second-order valence-corrected chi connectivity index (χ2v) is 13.6. The molecule has 3 aliphatic rings. The Morgan fingerprint density at radius 3 is 2.58 bits per heavy atom. The van der Waals surface area contributed by atoms with E-state index in [1.54, 1.807) is 36.2 Å². The molecule has 0 aliphatic carbocycles. The fourth-order valence-corrected chi connectivity index (χ4v) is 7.09. The Bertz CT molecular complexity index is 1460. The van der Waals surface area contributed by atoms with E-state index in [1.807, 2.05) is 12.1 Å². The van der Waals surface area contributed by atoms with Gasteiger partial charge in [0.1, 0.15) is 12.3 Å². The maximum atomic E-state index is 13.1. The van der Waals surface area contributed by atoms with Gasteiger partial charge in [-0.05, 0) is 62.6 Å². The number of hydrazine groups is 1. The van der Waals surface area contributed by atoms with E-state index in [1.165, 1.54) is 26.2 Å². The summed E-state index contributed by atoms with van der Waals surface area (Å²) >= 11 is 0. The van der Waals surface area contributed by atoms with Gasteiger partial charge in [0.2, 0.25) is 15.9 Å². The minimum atomic E-state index is -3.57. The molecule has 4 unspecified atom stereocenters. The molecule has 2 aromatic rings. The second kappa shape index (κ2) is 12.5. The van der Waals surface area contributed by atoms with E-state index in [4.69, 9.17) is 4.74 Å². The summed E-state index contributed by atoms with van der Waals surface area (Å²) in [5.74, 6) is -0.538. The molecule has 1 aromatic carbocycles. The molecule has 0 spiro atoms. The molecule has 4 atom stereocenters. The molecule has 3 saturated heterocycles. The standard InChI is InChI=1S/C29H38N8O5S/c1-20(23-6-4-5-16-31-23)42-28(39)36-18-13-29(12-15-30,14-19-36)37-24-11-17-32-27(38)25(24)26(34-37)33-21-7-9-22(10-8-21)43(40,41)35(2)3/h4-10,16,20,24-26,33-34H,11-14,17-19H2,1-3H3,(H,32,38). The lowest BCUT2D eigenvalue weighted by atomic mass is 9.81. The van der Waals surface area contributed by atoms with Gasteiger partial charge in [-0.1, -0.05) is 6.07 Å². The smallest absolute Gasteiger partial charge is 0.410 e. The van der Waals surface area contributed by atoms with Crippen LogP contribution in [0.25, 0.3) is 0 Å². The van der Waals surface area contributed by atoms with Crippen LogP contribution in [0.15, 0.2) is 53.6 Å². The van der Waals surface area contributed by atoms with Gasteiger partial charge in [-0.2, -0.15) is 5.26 Å². The van der Waals surface area contributed by atoms with E-state index in [0.29, 0.717) is 50.3 Å². The van der Waals surface area contributed by atoms with Crippen LogP contribution in [0.4, 0.5) is 10.5 Å². The minimum Gasteiger partial charge on any atom is -0.440 e. The van der Waals surface area contributed by atoms with Crippen LogP contribution in [0.3, 0.4) is 0 Å². The van der Waals surface area contributed by atoms with E-state index in [0.717, 1.165) is 4.31 Å². The number of hydrogen-bond donors (Lipinski definition) is 3. The molecular weight excluding hydrogens is 572 g/mol. The van der Waals surface area contributed by atoms with Gasteiger partial charge in [-0.15, -0.1) is 0 Å². The number of likely N-dealkylation sites (tertiary alicyclic amines) is 1. The van der Waals surface area contributed by atoms with E-state index in [-0.39, 0.29) is 23.3 Å². The zero-order valence-electron chi connectivity index (χ0n) is 24.6. The van der Waals surface area contributed by atoms with Gasteiger partial charge in [0, 0.05) is 51.7 Å². The second-order valence-electron chi connectivity index (χ2n) is 11.4. The summed E-state index contributed by atoms with van der Waals surface area (Å²) in [5, 5.41) is 18.3. The van der Waals surface area contributed by atoms with Crippen LogP contribution in [-0.4, -0.2) is 91.1 Å². The molecule has 3 N–H and O–H groups in total. The molecule has 14 heteroatoms. The maximum absolute atomic E-state index is 13.1.